The summed E-state index contributed by atoms with van der Waals surface area (Å²) in [6.45, 7) is 4.67. The van der Waals surface area contributed by atoms with Gasteiger partial charge in [-0.05, 0) is 30.5 Å². The monoisotopic (exact) mass is 329 g/mol. The number of benzene rings is 2. The zero-order chi connectivity index (χ0) is 16.7. The predicted octanol–water partition coefficient (Wildman–Crippen LogP) is 4.10. The average molecular weight is 329 g/mol. The van der Waals surface area contributed by atoms with Crippen LogP contribution < -0.4 is 10.1 Å². The summed E-state index contributed by atoms with van der Waals surface area (Å²) in [5.41, 5.74) is 1.23. The molecule has 2 aromatic carbocycles. The fourth-order valence-corrected chi connectivity index (χ4v) is 3.25. The van der Waals surface area contributed by atoms with Gasteiger partial charge in [0.15, 0.2) is 0 Å². The van der Waals surface area contributed by atoms with Gasteiger partial charge in [0.05, 0.1) is 17.3 Å². The number of hydrogen-bond donors (Lipinski definition) is 1. The Morgan fingerprint density at radius 1 is 1.09 bits per heavy atom. The highest BCUT2D eigenvalue weighted by Gasteiger charge is 2.17. The summed E-state index contributed by atoms with van der Waals surface area (Å²) >= 11 is 1.51. The minimum absolute atomic E-state index is 0.0451. The molecule has 2 atom stereocenters. The van der Waals surface area contributed by atoms with Crippen LogP contribution in [0.5, 0.6) is 5.75 Å². The summed E-state index contributed by atoms with van der Waals surface area (Å²) in [6, 6.07) is 18.0. The zero-order valence-electron chi connectivity index (χ0n) is 13.8. The number of ether oxygens (including phenoxy) is 1. The Kier molecular flexibility index (Phi) is 6.53. The molecule has 122 valence electrons. The van der Waals surface area contributed by atoms with Gasteiger partial charge >= 0.3 is 0 Å². The SMILES string of the molecule is COc1ccccc1SC(C)C(=O)NCC(C)c1ccccc1. The lowest BCUT2D eigenvalue weighted by atomic mass is 10.0. The molecule has 2 aromatic rings. The van der Waals surface area contributed by atoms with E-state index in [1.807, 2.05) is 49.4 Å². The van der Waals surface area contributed by atoms with Crippen molar-refractivity contribution in [3.8, 4) is 5.75 Å². The molecule has 0 aliphatic carbocycles. The number of para-hydroxylation sites is 1. The fraction of sp³-hybridized carbons (Fsp3) is 0.316. The molecule has 1 N–H and O–H groups in total. The van der Waals surface area contributed by atoms with Crippen LogP contribution in [0.15, 0.2) is 59.5 Å². The van der Waals surface area contributed by atoms with Gasteiger partial charge in [-0.25, -0.2) is 0 Å². The smallest absolute Gasteiger partial charge is 0.233 e. The van der Waals surface area contributed by atoms with Gasteiger partial charge in [-0.1, -0.05) is 49.4 Å². The molecule has 0 aliphatic heterocycles. The third kappa shape index (κ3) is 5.03. The minimum atomic E-state index is -0.172. The molecule has 0 radical (unpaired) electrons. The highest BCUT2D eigenvalue weighted by atomic mass is 32.2. The van der Waals surface area contributed by atoms with Gasteiger partial charge in [0.2, 0.25) is 5.91 Å². The van der Waals surface area contributed by atoms with Gasteiger partial charge in [-0.15, -0.1) is 11.8 Å². The molecular formula is C19H23NO2S. The number of hydrogen-bond acceptors (Lipinski definition) is 3. The van der Waals surface area contributed by atoms with Gasteiger partial charge in [-0.3, -0.25) is 4.79 Å². The third-order valence-electron chi connectivity index (χ3n) is 3.69. The van der Waals surface area contributed by atoms with E-state index >= 15 is 0 Å². The van der Waals surface area contributed by atoms with Crippen molar-refractivity contribution in [2.24, 2.45) is 0 Å². The summed E-state index contributed by atoms with van der Waals surface area (Å²) in [6.07, 6.45) is 0. The maximum atomic E-state index is 12.3. The summed E-state index contributed by atoms with van der Waals surface area (Å²) < 4.78 is 5.33. The molecule has 3 nitrogen and oxygen atoms in total. The first-order chi connectivity index (χ1) is 11.1. The van der Waals surface area contributed by atoms with Crippen LogP contribution in [0.2, 0.25) is 0 Å². The van der Waals surface area contributed by atoms with Crippen LogP contribution in [0.1, 0.15) is 25.3 Å². The molecule has 0 saturated carbocycles. The van der Waals surface area contributed by atoms with Crippen LogP contribution in [0, 0.1) is 0 Å². The lowest BCUT2D eigenvalue weighted by molar-refractivity contribution is -0.120. The Labute approximate surface area is 142 Å². The molecule has 0 bridgehead atoms. The highest BCUT2D eigenvalue weighted by molar-refractivity contribution is 8.00. The number of thioether (sulfide) groups is 1. The molecule has 0 aliphatic rings. The van der Waals surface area contributed by atoms with Crippen LogP contribution in [-0.4, -0.2) is 24.8 Å². The number of nitrogens with one attached hydrogen (secondary N) is 1. The molecule has 4 heteroatoms. The molecule has 0 saturated heterocycles. The van der Waals surface area contributed by atoms with Crippen LogP contribution in [0.3, 0.4) is 0 Å². The molecule has 0 fully saturated rings. The number of amides is 1. The van der Waals surface area contributed by atoms with Crippen LogP contribution in [0.4, 0.5) is 0 Å². The first-order valence-electron chi connectivity index (χ1n) is 7.74. The van der Waals surface area contributed by atoms with Crippen molar-refractivity contribution in [1.29, 1.82) is 0 Å². The van der Waals surface area contributed by atoms with E-state index in [2.05, 4.69) is 24.4 Å². The van der Waals surface area contributed by atoms with Crippen molar-refractivity contribution in [3.05, 3.63) is 60.2 Å². The molecule has 2 rings (SSSR count). The van der Waals surface area contributed by atoms with Crippen LogP contribution in [0.25, 0.3) is 0 Å². The largest absolute Gasteiger partial charge is 0.496 e. The number of carbonyl (C=O) groups is 1. The Balaban J connectivity index is 1.88. The maximum absolute atomic E-state index is 12.3. The van der Waals surface area contributed by atoms with E-state index < -0.39 is 0 Å². The lowest BCUT2D eigenvalue weighted by Crippen LogP contribution is -2.33. The molecule has 2 unspecified atom stereocenters. The van der Waals surface area contributed by atoms with Crippen molar-refractivity contribution >= 4 is 17.7 Å². The topological polar surface area (TPSA) is 38.3 Å². The summed E-state index contributed by atoms with van der Waals surface area (Å²) in [4.78, 5) is 13.3. The van der Waals surface area contributed by atoms with Gasteiger partial charge in [0.1, 0.15) is 5.75 Å². The predicted molar refractivity (Wildman–Crippen MR) is 96.2 cm³/mol. The molecule has 0 heterocycles. The summed E-state index contributed by atoms with van der Waals surface area (Å²) in [5, 5.41) is 2.87. The van der Waals surface area contributed by atoms with Gasteiger partial charge in [0.25, 0.3) is 0 Å². The maximum Gasteiger partial charge on any atom is 0.233 e. The Morgan fingerprint density at radius 2 is 1.74 bits per heavy atom. The van der Waals surface area contributed by atoms with Crippen molar-refractivity contribution in [1.82, 2.24) is 5.32 Å². The standard InChI is InChI=1S/C19H23NO2S/c1-14(16-9-5-4-6-10-16)13-20-19(21)15(2)23-18-12-8-7-11-17(18)22-3/h4-12,14-15H,13H2,1-3H3,(H,20,21). The van der Waals surface area contributed by atoms with E-state index in [9.17, 15) is 4.79 Å². The highest BCUT2D eigenvalue weighted by Crippen LogP contribution is 2.31. The van der Waals surface area contributed by atoms with Crippen molar-refractivity contribution in [3.63, 3.8) is 0 Å². The zero-order valence-corrected chi connectivity index (χ0v) is 14.6. The van der Waals surface area contributed by atoms with E-state index in [0.717, 1.165) is 10.6 Å². The van der Waals surface area contributed by atoms with Crippen molar-refractivity contribution in [2.75, 3.05) is 13.7 Å². The molecule has 0 spiro atoms. The van der Waals surface area contributed by atoms with Crippen LogP contribution in [-0.2, 0) is 4.79 Å². The van der Waals surface area contributed by atoms with Crippen molar-refractivity contribution < 1.29 is 9.53 Å². The Morgan fingerprint density at radius 3 is 2.43 bits per heavy atom. The number of rotatable bonds is 7. The lowest BCUT2D eigenvalue weighted by Gasteiger charge is -2.17. The Hall–Kier alpha value is -1.94. The van der Waals surface area contributed by atoms with E-state index in [-0.39, 0.29) is 11.2 Å². The van der Waals surface area contributed by atoms with Crippen LogP contribution >= 0.6 is 11.8 Å². The number of carbonyl (C=O) groups excluding carboxylic acids is 1. The average Bonchev–Trinajstić information content (AvgIpc) is 2.60. The van der Waals surface area contributed by atoms with Gasteiger partial charge in [0, 0.05) is 6.54 Å². The minimum Gasteiger partial charge on any atom is -0.496 e. The van der Waals surface area contributed by atoms with E-state index in [0.29, 0.717) is 12.5 Å². The normalized spacial score (nSPS) is 13.2. The molecule has 0 aromatic heterocycles. The molecule has 23 heavy (non-hydrogen) atoms. The third-order valence-corrected chi connectivity index (χ3v) is 4.85. The second-order valence-corrected chi connectivity index (χ2v) is 6.85. The number of methoxy groups -OCH3 is 1. The summed E-state index contributed by atoms with van der Waals surface area (Å²) in [5.74, 6) is 1.14. The van der Waals surface area contributed by atoms with Gasteiger partial charge < -0.3 is 10.1 Å². The van der Waals surface area contributed by atoms with E-state index in [1.165, 1.54) is 17.3 Å². The first-order valence-corrected chi connectivity index (χ1v) is 8.62. The first kappa shape index (κ1) is 17.4. The molecule has 1 amide bonds. The van der Waals surface area contributed by atoms with E-state index in [4.69, 9.17) is 4.74 Å². The summed E-state index contributed by atoms with van der Waals surface area (Å²) in [7, 11) is 1.64. The molecular weight excluding hydrogens is 306 g/mol. The second-order valence-electron chi connectivity index (χ2n) is 5.47. The quantitative estimate of drug-likeness (QED) is 0.777. The second kappa shape index (κ2) is 8.63. The Bertz CT molecular complexity index is 630. The van der Waals surface area contributed by atoms with Gasteiger partial charge in [-0.2, -0.15) is 0 Å². The van der Waals surface area contributed by atoms with Crippen molar-refractivity contribution in [2.45, 2.75) is 29.9 Å². The fourth-order valence-electron chi connectivity index (χ4n) is 2.26. The van der Waals surface area contributed by atoms with E-state index in [1.54, 1.807) is 7.11 Å².